The van der Waals surface area contributed by atoms with E-state index in [-0.39, 0.29) is 34.5 Å². The van der Waals surface area contributed by atoms with Gasteiger partial charge in [0.2, 0.25) is 15.9 Å². The highest BCUT2D eigenvalue weighted by atomic mass is 35.5. The van der Waals surface area contributed by atoms with Crippen LogP contribution in [0.2, 0.25) is 5.02 Å². The molecular formula is C11H13ClN2O5S. The van der Waals surface area contributed by atoms with Crippen LogP contribution in [0.15, 0.2) is 23.1 Å². The van der Waals surface area contributed by atoms with Gasteiger partial charge in [-0.1, -0.05) is 11.6 Å². The van der Waals surface area contributed by atoms with Crippen LogP contribution in [0.4, 0.5) is 0 Å². The molecule has 1 rings (SSSR count). The number of carboxylic acids is 1. The number of hydrogen-bond acceptors (Lipinski definition) is 4. The van der Waals surface area contributed by atoms with Crippen molar-refractivity contribution >= 4 is 33.5 Å². The lowest BCUT2D eigenvalue weighted by molar-refractivity contribution is -0.118. The van der Waals surface area contributed by atoms with Crippen LogP contribution >= 0.6 is 11.6 Å². The number of sulfonamides is 1. The van der Waals surface area contributed by atoms with Crippen molar-refractivity contribution in [2.24, 2.45) is 0 Å². The molecule has 0 fully saturated rings. The number of carboxylic acid groups (broad SMARTS) is 1. The third kappa shape index (κ3) is 4.48. The van der Waals surface area contributed by atoms with Crippen molar-refractivity contribution in [2.75, 3.05) is 13.1 Å². The standard InChI is InChI=1S/C11H13ClN2O5S/c1-7(15)13-4-5-14-20(18,19)8-2-3-9(11(16)17)10(12)6-8/h2-3,6,14H,4-5H2,1H3,(H,13,15)(H,16,17). The number of halogens is 1. The van der Waals surface area contributed by atoms with Gasteiger partial charge in [0.1, 0.15) is 0 Å². The molecule has 0 saturated heterocycles. The lowest BCUT2D eigenvalue weighted by atomic mass is 10.2. The first kappa shape index (κ1) is 16.4. The minimum absolute atomic E-state index is 0.0141. The van der Waals surface area contributed by atoms with Gasteiger partial charge in [-0.3, -0.25) is 4.79 Å². The molecule has 0 aliphatic carbocycles. The minimum Gasteiger partial charge on any atom is -0.478 e. The second-order valence-corrected chi connectivity index (χ2v) is 6.00. The molecule has 1 amide bonds. The Bertz CT molecular complexity index is 630. The van der Waals surface area contributed by atoms with Gasteiger partial charge >= 0.3 is 5.97 Å². The van der Waals surface area contributed by atoms with Crippen LogP contribution in [-0.2, 0) is 14.8 Å². The fourth-order valence-corrected chi connectivity index (χ4v) is 2.73. The maximum absolute atomic E-state index is 11.9. The fourth-order valence-electron chi connectivity index (χ4n) is 1.34. The van der Waals surface area contributed by atoms with Crippen molar-refractivity contribution in [3.63, 3.8) is 0 Å². The van der Waals surface area contributed by atoms with E-state index in [0.29, 0.717) is 0 Å². The summed E-state index contributed by atoms with van der Waals surface area (Å²) in [6, 6.07) is 3.33. The van der Waals surface area contributed by atoms with Gasteiger partial charge in [0.15, 0.2) is 0 Å². The van der Waals surface area contributed by atoms with E-state index in [1.807, 2.05) is 0 Å². The highest BCUT2D eigenvalue weighted by Crippen LogP contribution is 2.20. The van der Waals surface area contributed by atoms with Crippen molar-refractivity contribution in [2.45, 2.75) is 11.8 Å². The molecule has 0 spiro atoms. The number of carbonyl (C=O) groups excluding carboxylic acids is 1. The van der Waals surface area contributed by atoms with Crippen molar-refractivity contribution in [1.82, 2.24) is 10.0 Å². The van der Waals surface area contributed by atoms with E-state index in [2.05, 4.69) is 10.0 Å². The van der Waals surface area contributed by atoms with Crippen molar-refractivity contribution in [3.8, 4) is 0 Å². The van der Waals surface area contributed by atoms with E-state index >= 15 is 0 Å². The second kappa shape index (κ2) is 6.69. The summed E-state index contributed by atoms with van der Waals surface area (Å²) < 4.78 is 26.0. The van der Waals surface area contributed by atoms with E-state index in [9.17, 15) is 18.0 Å². The van der Waals surface area contributed by atoms with Crippen LogP contribution in [-0.4, -0.2) is 38.5 Å². The number of hydrogen-bond donors (Lipinski definition) is 3. The summed E-state index contributed by atoms with van der Waals surface area (Å²) in [6.45, 7) is 1.48. The van der Waals surface area contributed by atoms with E-state index in [1.165, 1.54) is 6.92 Å². The van der Waals surface area contributed by atoms with Crippen LogP contribution in [0.25, 0.3) is 0 Å². The predicted octanol–water partition coefficient (Wildman–Crippen LogP) is 0.453. The molecule has 0 unspecified atom stereocenters. The molecule has 0 bridgehead atoms. The number of benzene rings is 1. The smallest absolute Gasteiger partial charge is 0.337 e. The lowest BCUT2D eigenvalue weighted by Crippen LogP contribution is -2.33. The summed E-state index contributed by atoms with van der Waals surface area (Å²) in [5.41, 5.74) is -0.177. The quantitative estimate of drug-likeness (QED) is 0.659. The Morgan fingerprint density at radius 2 is 1.95 bits per heavy atom. The molecule has 0 aliphatic heterocycles. The topological polar surface area (TPSA) is 113 Å². The van der Waals surface area contributed by atoms with Gasteiger partial charge in [0.25, 0.3) is 0 Å². The first-order chi connectivity index (χ1) is 9.24. The molecular weight excluding hydrogens is 308 g/mol. The van der Waals surface area contributed by atoms with E-state index in [4.69, 9.17) is 16.7 Å². The number of rotatable bonds is 6. The third-order valence-corrected chi connectivity index (χ3v) is 4.04. The Hall–Kier alpha value is -1.64. The molecule has 1 aromatic carbocycles. The van der Waals surface area contributed by atoms with Gasteiger partial charge < -0.3 is 10.4 Å². The average Bonchev–Trinajstić information content (AvgIpc) is 2.34. The van der Waals surface area contributed by atoms with Gasteiger partial charge in [-0.05, 0) is 18.2 Å². The van der Waals surface area contributed by atoms with Crippen LogP contribution in [0, 0.1) is 0 Å². The summed E-state index contributed by atoms with van der Waals surface area (Å²) in [5, 5.41) is 11.1. The van der Waals surface area contributed by atoms with E-state index < -0.39 is 16.0 Å². The Labute approximate surface area is 121 Å². The molecule has 7 nitrogen and oxygen atoms in total. The molecule has 0 aromatic heterocycles. The number of amides is 1. The Morgan fingerprint density at radius 1 is 1.30 bits per heavy atom. The van der Waals surface area contributed by atoms with Crippen LogP contribution in [0.1, 0.15) is 17.3 Å². The number of carbonyl (C=O) groups is 2. The van der Waals surface area contributed by atoms with Crippen LogP contribution in [0.3, 0.4) is 0 Å². The Balaban J connectivity index is 2.80. The van der Waals surface area contributed by atoms with E-state index in [1.54, 1.807) is 0 Å². The summed E-state index contributed by atoms with van der Waals surface area (Å²) in [5.74, 6) is -1.50. The predicted molar refractivity (Wildman–Crippen MR) is 72.3 cm³/mol. The van der Waals surface area contributed by atoms with E-state index in [0.717, 1.165) is 18.2 Å². The monoisotopic (exact) mass is 320 g/mol. The summed E-state index contributed by atoms with van der Waals surface area (Å²) in [7, 11) is -3.80. The van der Waals surface area contributed by atoms with Gasteiger partial charge in [0.05, 0.1) is 15.5 Å². The van der Waals surface area contributed by atoms with Crippen molar-refractivity contribution < 1.29 is 23.1 Å². The maximum atomic E-state index is 11.9. The summed E-state index contributed by atoms with van der Waals surface area (Å²) in [4.78, 5) is 21.2. The Kier molecular flexibility index (Phi) is 5.49. The molecule has 0 atom stereocenters. The van der Waals surface area contributed by atoms with Gasteiger partial charge in [-0.25, -0.2) is 17.9 Å². The van der Waals surface area contributed by atoms with Crippen LogP contribution in [0.5, 0.6) is 0 Å². The number of aromatic carboxylic acids is 1. The SMILES string of the molecule is CC(=O)NCCNS(=O)(=O)c1ccc(C(=O)O)c(Cl)c1. The lowest BCUT2D eigenvalue weighted by Gasteiger charge is -2.08. The van der Waals surface area contributed by atoms with Gasteiger partial charge in [-0.15, -0.1) is 0 Å². The molecule has 110 valence electrons. The molecule has 0 saturated carbocycles. The molecule has 9 heteroatoms. The third-order valence-electron chi connectivity index (χ3n) is 2.27. The maximum Gasteiger partial charge on any atom is 0.337 e. The van der Waals surface area contributed by atoms with Gasteiger partial charge in [-0.2, -0.15) is 0 Å². The zero-order chi connectivity index (χ0) is 15.3. The average molecular weight is 321 g/mol. The zero-order valence-corrected chi connectivity index (χ0v) is 12.1. The first-order valence-electron chi connectivity index (χ1n) is 5.51. The molecule has 20 heavy (non-hydrogen) atoms. The normalized spacial score (nSPS) is 11.1. The molecule has 0 aliphatic rings. The Morgan fingerprint density at radius 3 is 2.45 bits per heavy atom. The van der Waals surface area contributed by atoms with Crippen molar-refractivity contribution in [3.05, 3.63) is 28.8 Å². The molecule has 3 N–H and O–H groups in total. The molecule has 1 aromatic rings. The summed E-state index contributed by atoms with van der Waals surface area (Å²) >= 11 is 5.70. The zero-order valence-electron chi connectivity index (χ0n) is 10.5. The molecule has 0 heterocycles. The summed E-state index contributed by atoms with van der Waals surface area (Å²) in [6.07, 6.45) is 0. The number of nitrogens with one attached hydrogen (secondary N) is 2. The fraction of sp³-hybridized carbons (Fsp3) is 0.273. The minimum atomic E-state index is -3.80. The largest absolute Gasteiger partial charge is 0.478 e. The second-order valence-electron chi connectivity index (χ2n) is 3.83. The van der Waals surface area contributed by atoms with Crippen molar-refractivity contribution in [1.29, 1.82) is 0 Å². The highest BCUT2D eigenvalue weighted by molar-refractivity contribution is 7.89. The van der Waals surface area contributed by atoms with Crippen LogP contribution < -0.4 is 10.0 Å². The first-order valence-corrected chi connectivity index (χ1v) is 7.37. The van der Waals surface area contributed by atoms with Gasteiger partial charge in [0, 0.05) is 20.0 Å². The highest BCUT2D eigenvalue weighted by Gasteiger charge is 2.17. The molecule has 0 radical (unpaired) electrons.